The normalized spacial score (nSPS) is 19.4. The van der Waals surface area contributed by atoms with Crippen molar-refractivity contribution in [2.45, 2.75) is 13.0 Å². The molecule has 1 N–H and O–H groups in total. The summed E-state index contributed by atoms with van der Waals surface area (Å²) >= 11 is 1.60. The molecule has 0 saturated heterocycles. The van der Waals surface area contributed by atoms with Gasteiger partial charge in [-0.25, -0.2) is 4.39 Å². The van der Waals surface area contributed by atoms with Crippen LogP contribution in [-0.4, -0.2) is 24.1 Å². The van der Waals surface area contributed by atoms with Crippen LogP contribution in [0.2, 0.25) is 0 Å². The molecule has 3 nitrogen and oxygen atoms in total. The fourth-order valence-electron chi connectivity index (χ4n) is 1.38. The Morgan fingerprint density at radius 3 is 3.00 bits per heavy atom. The second-order valence-electron chi connectivity index (χ2n) is 3.57. The number of aliphatic imine (C=N–C) groups is 1. The van der Waals surface area contributed by atoms with Gasteiger partial charge < -0.3 is 10.1 Å². The first-order chi connectivity index (χ1) is 7.69. The Hall–Kier alpha value is -1.23. The number of ether oxygens (including phenoxy) is 1. The van der Waals surface area contributed by atoms with Crippen LogP contribution in [-0.2, 0) is 0 Å². The number of rotatable bonds is 2. The van der Waals surface area contributed by atoms with Gasteiger partial charge in [0.2, 0.25) is 0 Å². The maximum absolute atomic E-state index is 13.5. The minimum atomic E-state index is -0.302. The summed E-state index contributed by atoms with van der Waals surface area (Å²) in [6, 6.07) is 4.89. The summed E-state index contributed by atoms with van der Waals surface area (Å²) in [4.78, 5) is 4.34. The van der Waals surface area contributed by atoms with Gasteiger partial charge in [-0.3, -0.25) is 4.99 Å². The van der Waals surface area contributed by atoms with Gasteiger partial charge in [-0.15, -0.1) is 0 Å². The molecule has 1 aliphatic heterocycles. The molecule has 0 saturated carbocycles. The molecule has 1 aromatic carbocycles. The van der Waals surface area contributed by atoms with Gasteiger partial charge in [-0.1, -0.05) is 11.8 Å². The van der Waals surface area contributed by atoms with E-state index in [1.54, 1.807) is 31.0 Å². The monoisotopic (exact) mass is 240 g/mol. The number of nitrogens with zero attached hydrogens (tertiary/aromatic N) is 1. The van der Waals surface area contributed by atoms with Crippen molar-refractivity contribution >= 4 is 22.6 Å². The van der Waals surface area contributed by atoms with Crippen LogP contribution in [0.5, 0.6) is 5.75 Å². The predicted molar refractivity (Wildman–Crippen MR) is 65.9 cm³/mol. The largest absolute Gasteiger partial charge is 0.497 e. The molecule has 1 atom stereocenters. The SMILES string of the molecule is COc1ccc(F)c(NC2=NC(C)CS2)c1. The zero-order valence-electron chi connectivity index (χ0n) is 9.16. The zero-order chi connectivity index (χ0) is 11.5. The summed E-state index contributed by atoms with van der Waals surface area (Å²) in [7, 11) is 1.56. The Morgan fingerprint density at radius 2 is 2.38 bits per heavy atom. The number of halogens is 1. The van der Waals surface area contributed by atoms with Crippen LogP contribution in [0, 0.1) is 5.82 Å². The summed E-state index contributed by atoms with van der Waals surface area (Å²) in [6.07, 6.45) is 0. The van der Waals surface area contributed by atoms with E-state index in [0.717, 1.165) is 10.9 Å². The number of amidine groups is 1. The third-order valence-corrected chi connectivity index (χ3v) is 3.34. The highest BCUT2D eigenvalue weighted by atomic mass is 32.2. The standard InChI is InChI=1S/C11H13FN2OS/c1-7-6-16-11(13-7)14-10-5-8(15-2)3-4-9(10)12/h3-5,7H,6H2,1-2H3,(H,13,14). The van der Waals surface area contributed by atoms with Crippen molar-refractivity contribution < 1.29 is 9.13 Å². The predicted octanol–water partition coefficient (Wildman–Crippen LogP) is 2.74. The van der Waals surface area contributed by atoms with E-state index < -0.39 is 0 Å². The average molecular weight is 240 g/mol. The van der Waals surface area contributed by atoms with E-state index >= 15 is 0 Å². The first-order valence-electron chi connectivity index (χ1n) is 5.00. The van der Waals surface area contributed by atoms with Crippen molar-refractivity contribution in [3.8, 4) is 5.75 Å². The van der Waals surface area contributed by atoms with E-state index in [2.05, 4.69) is 10.3 Å². The van der Waals surface area contributed by atoms with Gasteiger partial charge in [0.05, 0.1) is 18.8 Å². The molecule has 0 bridgehead atoms. The van der Waals surface area contributed by atoms with Gasteiger partial charge in [-0.2, -0.15) is 0 Å². The minimum absolute atomic E-state index is 0.293. The maximum atomic E-state index is 13.5. The maximum Gasteiger partial charge on any atom is 0.161 e. The fourth-order valence-corrected chi connectivity index (χ4v) is 2.30. The lowest BCUT2D eigenvalue weighted by atomic mass is 10.3. The molecule has 86 valence electrons. The topological polar surface area (TPSA) is 33.6 Å². The molecular formula is C11H13FN2OS. The number of thioether (sulfide) groups is 1. The lowest BCUT2D eigenvalue weighted by molar-refractivity contribution is 0.414. The molecule has 0 amide bonds. The van der Waals surface area contributed by atoms with Gasteiger partial charge >= 0.3 is 0 Å². The average Bonchev–Trinajstić information content (AvgIpc) is 2.67. The molecule has 0 radical (unpaired) electrons. The minimum Gasteiger partial charge on any atom is -0.497 e. The molecular weight excluding hydrogens is 227 g/mol. The van der Waals surface area contributed by atoms with Crippen molar-refractivity contribution in [1.29, 1.82) is 0 Å². The lowest BCUT2D eigenvalue weighted by Crippen LogP contribution is -2.07. The number of anilines is 1. The third-order valence-electron chi connectivity index (χ3n) is 2.21. The third kappa shape index (κ3) is 2.47. The van der Waals surface area contributed by atoms with Crippen molar-refractivity contribution in [2.75, 3.05) is 18.2 Å². The Kier molecular flexibility index (Phi) is 3.33. The van der Waals surface area contributed by atoms with E-state index in [4.69, 9.17) is 4.74 Å². The molecule has 0 aromatic heterocycles. The number of hydrogen-bond donors (Lipinski definition) is 1. The quantitative estimate of drug-likeness (QED) is 0.863. The number of methoxy groups -OCH3 is 1. The summed E-state index contributed by atoms with van der Waals surface area (Å²) in [6.45, 7) is 2.03. The molecule has 0 spiro atoms. The summed E-state index contributed by atoms with van der Waals surface area (Å²) in [5.41, 5.74) is 0.403. The van der Waals surface area contributed by atoms with Gasteiger partial charge in [0, 0.05) is 11.8 Å². The Bertz CT molecular complexity index is 422. The molecule has 16 heavy (non-hydrogen) atoms. The van der Waals surface area contributed by atoms with Crippen LogP contribution < -0.4 is 10.1 Å². The Morgan fingerprint density at radius 1 is 1.56 bits per heavy atom. The summed E-state index contributed by atoms with van der Waals surface area (Å²) < 4.78 is 18.5. The van der Waals surface area contributed by atoms with Crippen LogP contribution >= 0.6 is 11.8 Å². The second-order valence-corrected chi connectivity index (χ2v) is 4.57. The van der Waals surface area contributed by atoms with E-state index in [9.17, 15) is 4.39 Å². The van der Waals surface area contributed by atoms with Crippen LogP contribution in [0.25, 0.3) is 0 Å². The zero-order valence-corrected chi connectivity index (χ0v) is 9.97. The Balaban J connectivity index is 2.17. The molecule has 1 unspecified atom stereocenters. The highest BCUT2D eigenvalue weighted by molar-refractivity contribution is 8.14. The highest BCUT2D eigenvalue weighted by Gasteiger charge is 2.15. The van der Waals surface area contributed by atoms with Gasteiger partial charge in [0.25, 0.3) is 0 Å². The summed E-state index contributed by atoms with van der Waals surface area (Å²) in [5, 5.41) is 3.74. The molecule has 1 aliphatic rings. The molecule has 0 aliphatic carbocycles. The van der Waals surface area contributed by atoms with Crippen LogP contribution in [0.15, 0.2) is 23.2 Å². The highest BCUT2D eigenvalue weighted by Crippen LogP contribution is 2.24. The Labute approximate surface area is 98.1 Å². The molecule has 1 aromatic rings. The first kappa shape index (κ1) is 11.3. The lowest BCUT2D eigenvalue weighted by Gasteiger charge is -2.08. The molecule has 1 heterocycles. The van der Waals surface area contributed by atoms with Crippen molar-refractivity contribution in [2.24, 2.45) is 4.99 Å². The van der Waals surface area contributed by atoms with Crippen LogP contribution in [0.3, 0.4) is 0 Å². The van der Waals surface area contributed by atoms with E-state index in [-0.39, 0.29) is 5.82 Å². The molecule has 2 rings (SSSR count). The van der Waals surface area contributed by atoms with E-state index in [1.807, 2.05) is 6.92 Å². The van der Waals surface area contributed by atoms with Crippen LogP contribution in [0.4, 0.5) is 10.1 Å². The van der Waals surface area contributed by atoms with Crippen molar-refractivity contribution in [3.05, 3.63) is 24.0 Å². The number of nitrogens with one attached hydrogen (secondary N) is 1. The first-order valence-corrected chi connectivity index (χ1v) is 5.99. The second kappa shape index (κ2) is 4.74. The van der Waals surface area contributed by atoms with Gasteiger partial charge in [0.1, 0.15) is 11.6 Å². The van der Waals surface area contributed by atoms with Crippen molar-refractivity contribution in [1.82, 2.24) is 0 Å². The van der Waals surface area contributed by atoms with Crippen LogP contribution in [0.1, 0.15) is 6.92 Å². The van der Waals surface area contributed by atoms with E-state index in [0.29, 0.717) is 17.5 Å². The van der Waals surface area contributed by atoms with Crippen molar-refractivity contribution in [3.63, 3.8) is 0 Å². The van der Waals surface area contributed by atoms with Gasteiger partial charge in [-0.05, 0) is 19.1 Å². The smallest absolute Gasteiger partial charge is 0.161 e. The molecule has 0 fully saturated rings. The van der Waals surface area contributed by atoms with Gasteiger partial charge in [0.15, 0.2) is 5.17 Å². The fraction of sp³-hybridized carbons (Fsp3) is 0.364. The summed E-state index contributed by atoms with van der Waals surface area (Å²) in [5.74, 6) is 1.26. The number of benzene rings is 1. The number of hydrogen-bond acceptors (Lipinski definition) is 4. The van der Waals surface area contributed by atoms with E-state index in [1.165, 1.54) is 6.07 Å². The molecule has 5 heteroatoms.